The van der Waals surface area contributed by atoms with E-state index in [0.29, 0.717) is 5.75 Å². The van der Waals surface area contributed by atoms with Crippen LogP contribution in [-0.2, 0) is 4.79 Å². The minimum Gasteiger partial charge on any atom is -0.454 e. The van der Waals surface area contributed by atoms with E-state index in [9.17, 15) is 14.9 Å². The molecule has 8 heteroatoms. The normalized spacial score (nSPS) is 14.2. The fraction of sp³-hybridized carbons (Fsp3) is 0.417. The van der Waals surface area contributed by atoms with Crippen LogP contribution in [0.15, 0.2) is 12.1 Å². The Bertz CT molecular complexity index is 558. The van der Waals surface area contributed by atoms with Gasteiger partial charge in [0.1, 0.15) is 5.69 Å². The quantitative estimate of drug-likeness (QED) is 0.633. The summed E-state index contributed by atoms with van der Waals surface area (Å²) in [6.45, 7) is 3.58. The van der Waals surface area contributed by atoms with E-state index >= 15 is 0 Å². The van der Waals surface area contributed by atoms with Crippen LogP contribution < -0.4 is 20.5 Å². The average Bonchev–Trinajstić information content (AvgIpc) is 2.83. The van der Waals surface area contributed by atoms with Crippen molar-refractivity contribution in [1.29, 1.82) is 0 Å². The van der Waals surface area contributed by atoms with Crippen molar-refractivity contribution in [3.05, 3.63) is 22.2 Å². The van der Waals surface area contributed by atoms with Gasteiger partial charge in [0, 0.05) is 6.07 Å². The highest BCUT2D eigenvalue weighted by Crippen LogP contribution is 2.40. The van der Waals surface area contributed by atoms with Crippen LogP contribution in [-0.4, -0.2) is 23.7 Å². The third kappa shape index (κ3) is 2.64. The molecule has 1 aromatic rings. The SMILES string of the molecule is CC(C)[C@H](N)C(=O)Nc1cc2c(cc1[N+](=O)[O-])OCO2. The van der Waals surface area contributed by atoms with Crippen LogP contribution in [0.1, 0.15) is 13.8 Å². The lowest BCUT2D eigenvalue weighted by atomic mass is 10.0. The van der Waals surface area contributed by atoms with E-state index in [1.807, 2.05) is 0 Å². The molecule has 1 aromatic carbocycles. The molecule has 2 rings (SSSR count). The second kappa shape index (κ2) is 5.33. The number of carbonyl (C=O) groups is 1. The number of hydrogen-bond acceptors (Lipinski definition) is 6. The summed E-state index contributed by atoms with van der Waals surface area (Å²) in [5.74, 6) is 0.0666. The largest absolute Gasteiger partial charge is 0.454 e. The number of fused-ring (bicyclic) bond motifs is 1. The van der Waals surface area contributed by atoms with Crippen molar-refractivity contribution < 1.29 is 19.2 Å². The fourth-order valence-electron chi connectivity index (χ4n) is 1.70. The Kier molecular flexibility index (Phi) is 3.75. The van der Waals surface area contributed by atoms with E-state index in [1.54, 1.807) is 13.8 Å². The lowest BCUT2D eigenvalue weighted by Crippen LogP contribution is -2.39. The molecule has 8 nitrogen and oxygen atoms in total. The number of hydrogen-bond donors (Lipinski definition) is 2. The molecule has 0 bridgehead atoms. The molecular formula is C12H15N3O5. The molecule has 3 N–H and O–H groups in total. The monoisotopic (exact) mass is 281 g/mol. The summed E-state index contributed by atoms with van der Waals surface area (Å²) in [6, 6.07) is 1.84. The van der Waals surface area contributed by atoms with Crippen LogP contribution >= 0.6 is 0 Å². The summed E-state index contributed by atoms with van der Waals surface area (Å²) >= 11 is 0. The number of ether oxygens (including phenoxy) is 2. The number of nitro benzene ring substituents is 1. The van der Waals surface area contributed by atoms with Gasteiger partial charge in [0.25, 0.3) is 5.69 Å². The Morgan fingerprint density at radius 1 is 1.40 bits per heavy atom. The lowest BCUT2D eigenvalue weighted by Gasteiger charge is -2.15. The first kappa shape index (κ1) is 14.1. The standard InChI is InChI=1S/C12H15N3O5/c1-6(2)11(13)12(16)14-7-3-9-10(20-5-19-9)4-8(7)15(17)18/h3-4,6,11H,5,13H2,1-2H3,(H,14,16)/t11-/m0/s1. The van der Waals surface area contributed by atoms with E-state index in [-0.39, 0.29) is 29.8 Å². The third-order valence-electron chi connectivity index (χ3n) is 2.97. The van der Waals surface area contributed by atoms with E-state index in [1.165, 1.54) is 12.1 Å². The second-order valence-electron chi connectivity index (χ2n) is 4.74. The van der Waals surface area contributed by atoms with Gasteiger partial charge >= 0.3 is 0 Å². The Morgan fingerprint density at radius 3 is 2.55 bits per heavy atom. The van der Waals surface area contributed by atoms with E-state index in [0.717, 1.165) is 0 Å². The minimum atomic E-state index is -0.750. The van der Waals surface area contributed by atoms with Crippen LogP contribution in [0.2, 0.25) is 0 Å². The zero-order valence-corrected chi connectivity index (χ0v) is 11.1. The lowest BCUT2D eigenvalue weighted by molar-refractivity contribution is -0.384. The van der Waals surface area contributed by atoms with E-state index in [4.69, 9.17) is 15.2 Å². The molecule has 0 saturated carbocycles. The highest BCUT2D eigenvalue weighted by Gasteiger charge is 2.26. The Labute approximate surface area is 115 Å². The van der Waals surface area contributed by atoms with Crippen molar-refractivity contribution in [1.82, 2.24) is 0 Å². The number of anilines is 1. The number of amides is 1. The molecule has 1 aliphatic rings. The summed E-state index contributed by atoms with van der Waals surface area (Å²) in [5, 5.41) is 13.5. The van der Waals surface area contributed by atoms with Crippen molar-refractivity contribution in [3.8, 4) is 11.5 Å². The van der Waals surface area contributed by atoms with Gasteiger partial charge in [-0.3, -0.25) is 14.9 Å². The number of nitrogens with one attached hydrogen (secondary N) is 1. The predicted molar refractivity (Wildman–Crippen MR) is 70.7 cm³/mol. The van der Waals surface area contributed by atoms with Gasteiger partial charge in [0.05, 0.1) is 17.0 Å². The molecule has 0 spiro atoms. The second-order valence-corrected chi connectivity index (χ2v) is 4.74. The van der Waals surface area contributed by atoms with Crippen LogP contribution in [0.3, 0.4) is 0 Å². The van der Waals surface area contributed by atoms with Crippen molar-refractivity contribution in [2.75, 3.05) is 12.1 Å². The molecule has 0 fully saturated rings. The van der Waals surface area contributed by atoms with Crippen LogP contribution in [0, 0.1) is 16.0 Å². The maximum Gasteiger partial charge on any atom is 0.296 e. The highest BCUT2D eigenvalue weighted by atomic mass is 16.7. The number of nitrogens with two attached hydrogens (primary N) is 1. The smallest absolute Gasteiger partial charge is 0.296 e. The maximum absolute atomic E-state index is 11.9. The molecule has 1 amide bonds. The molecule has 0 saturated heterocycles. The first-order valence-electron chi connectivity index (χ1n) is 6.04. The summed E-state index contributed by atoms with van der Waals surface area (Å²) in [7, 11) is 0. The number of benzene rings is 1. The zero-order chi connectivity index (χ0) is 14.9. The van der Waals surface area contributed by atoms with Gasteiger partial charge in [-0.1, -0.05) is 13.8 Å². The first-order valence-corrected chi connectivity index (χ1v) is 6.04. The van der Waals surface area contributed by atoms with Gasteiger partial charge in [0.15, 0.2) is 11.5 Å². The van der Waals surface area contributed by atoms with Crippen molar-refractivity contribution in [3.63, 3.8) is 0 Å². The molecule has 0 aliphatic carbocycles. The van der Waals surface area contributed by atoms with Crippen molar-refractivity contribution >= 4 is 17.3 Å². The molecule has 108 valence electrons. The molecule has 1 atom stereocenters. The molecule has 0 aromatic heterocycles. The Hall–Kier alpha value is -2.35. The predicted octanol–water partition coefficient (Wildman–Crippen LogP) is 1.25. The fourth-order valence-corrected chi connectivity index (χ4v) is 1.70. The summed E-state index contributed by atoms with van der Waals surface area (Å²) in [5.41, 5.74) is 5.49. The molecule has 1 aliphatic heterocycles. The summed E-state index contributed by atoms with van der Waals surface area (Å²) in [6.07, 6.45) is 0. The third-order valence-corrected chi connectivity index (χ3v) is 2.97. The number of carbonyl (C=O) groups excluding carboxylic acids is 1. The average molecular weight is 281 g/mol. The van der Waals surface area contributed by atoms with Gasteiger partial charge in [-0.05, 0) is 5.92 Å². The van der Waals surface area contributed by atoms with Crippen LogP contribution in [0.5, 0.6) is 11.5 Å². The highest BCUT2D eigenvalue weighted by molar-refractivity contribution is 5.97. The zero-order valence-electron chi connectivity index (χ0n) is 11.1. The Morgan fingerprint density at radius 2 is 2.00 bits per heavy atom. The summed E-state index contributed by atoms with van der Waals surface area (Å²) in [4.78, 5) is 22.3. The molecule has 1 heterocycles. The van der Waals surface area contributed by atoms with Crippen LogP contribution in [0.4, 0.5) is 11.4 Å². The Balaban J connectivity index is 2.31. The van der Waals surface area contributed by atoms with Crippen molar-refractivity contribution in [2.24, 2.45) is 11.7 Å². The first-order chi connectivity index (χ1) is 9.40. The number of nitrogens with zero attached hydrogens (tertiary/aromatic N) is 1. The molecule has 0 radical (unpaired) electrons. The summed E-state index contributed by atoms with van der Waals surface area (Å²) < 4.78 is 10.2. The maximum atomic E-state index is 11.9. The van der Waals surface area contributed by atoms with Gasteiger partial charge in [-0.15, -0.1) is 0 Å². The minimum absolute atomic E-state index is 0.00457. The number of nitro groups is 1. The van der Waals surface area contributed by atoms with E-state index < -0.39 is 16.9 Å². The van der Waals surface area contributed by atoms with Crippen molar-refractivity contribution in [2.45, 2.75) is 19.9 Å². The number of rotatable bonds is 4. The molecular weight excluding hydrogens is 266 g/mol. The topological polar surface area (TPSA) is 117 Å². The van der Waals surface area contributed by atoms with Gasteiger partial charge < -0.3 is 20.5 Å². The molecule has 20 heavy (non-hydrogen) atoms. The molecule has 0 unspecified atom stereocenters. The van der Waals surface area contributed by atoms with Gasteiger partial charge in [-0.2, -0.15) is 0 Å². The van der Waals surface area contributed by atoms with Gasteiger partial charge in [0.2, 0.25) is 12.7 Å². The van der Waals surface area contributed by atoms with Gasteiger partial charge in [-0.25, -0.2) is 0 Å². The van der Waals surface area contributed by atoms with Crippen LogP contribution in [0.25, 0.3) is 0 Å². The van der Waals surface area contributed by atoms with E-state index in [2.05, 4.69) is 5.32 Å².